The fourth-order valence-corrected chi connectivity index (χ4v) is 5.51. The summed E-state index contributed by atoms with van der Waals surface area (Å²) >= 11 is 0. The highest BCUT2D eigenvalue weighted by molar-refractivity contribution is 8.81. The Morgan fingerprint density at radius 2 is 2.12 bits per heavy atom. The second-order valence-corrected chi connectivity index (χ2v) is 16.4. The number of amides is 1. The molecule has 32 heavy (non-hydrogen) atoms. The van der Waals surface area contributed by atoms with E-state index in [4.69, 9.17) is 13.9 Å². The van der Waals surface area contributed by atoms with E-state index in [1.165, 1.54) is 16.9 Å². The molecule has 1 fully saturated rings. The molecule has 2 heterocycles. The maximum absolute atomic E-state index is 12.9. The second-order valence-electron chi connectivity index (χ2n) is 9.32. The lowest BCUT2D eigenvalue weighted by atomic mass is 10.0. The molecule has 11 heteroatoms. The van der Waals surface area contributed by atoms with E-state index in [1.807, 2.05) is 13.0 Å². The highest BCUT2D eigenvalue weighted by atomic mass is 33.1. The van der Waals surface area contributed by atoms with Crippen LogP contribution in [0.1, 0.15) is 44.7 Å². The van der Waals surface area contributed by atoms with E-state index in [9.17, 15) is 9.59 Å². The second kappa shape index (κ2) is 11.1. The van der Waals surface area contributed by atoms with E-state index in [0.717, 1.165) is 16.5 Å². The summed E-state index contributed by atoms with van der Waals surface area (Å²) in [6, 6.07) is 1.38. The highest BCUT2D eigenvalue weighted by Crippen LogP contribution is 2.41. The molecule has 0 radical (unpaired) electrons. The summed E-state index contributed by atoms with van der Waals surface area (Å²) in [5, 5.41) is 6.74. The van der Waals surface area contributed by atoms with Crippen LogP contribution >= 0.6 is 21.6 Å². The van der Waals surface area contributed by atoms with Crippen LogP contribution in [0.2, 0.25) is 18.1 Å². The number of aryl methyl sites for hydroxylation is 1. The van der Waals surface area contributed by atoms with E-state index in [2.05, 4.69) is 50.6 Å². The number of likely N-dealkylation sites (tertiary alicyclic amines) is 1. The molecule has 1 unspecified atom stereocenters. The summed E-state index contributed by atoms with van der Waals surface area (Å²) < 4.78 is 17.8. The first-order chi connectivity index (χ1) is 14.9. The van der Waals surface area contributed by atoms with Crippen molar-refractivity contribution in [1.29, 1.82) is 0 Å². The summed E-state index contributed by atoms with van der Waals surface area (Å²) in [5.74, 6) is 0. The zero-order valence-corrected chi connectivity index (χ0v) is 22.6. The fraction of sp³-hybridized carbons (Fsp3) is 0.667. The number of hydrogen-bond acceptors (Lipinski definition) is 8. The monoisotopic (exact) mass is 501 g/mol. The van der Waals surface area contributed by atoms with Crippen LogP contribution in [0.25, 0.3) is 0 Å². The maximum atomic E-state index is 12.9. The molecular formula is C21H35N3O5S2Si. The van der Waals surface area contributed by atoms with Crippen LogP contribution in [0.4, 0.5) is 9.59 Å². The third-order valence-corrected chi connectivity index (χ3v) is 11.7. The standard InChI is InChI=1S/C21H35N3O5S2Si/c1-9-10-27-19(25)24-13-15(29-32(7,8)21(3,4)5)12-17(24)18(28-20(26)31-30-6)16-11-14(2)22-23-16/h9,11,15,17-18H,1,10,12-13H2,2-8H3,(H,22,23)/t15-,17+,18?/m1/s1. The Labute approximate surface area is 199 Å². The first-order valence-electron chi connectivity index (χ1n) is 10.5. The van der Waals surface area contributed by atoms with Crippen LogP contribution in [-0.2, 0) is 13.9 Å². The van der Waals surface area contributed by atoms with Crippen molar-refractivity contribution < 1.29 is 23.5 Å². The van der Waals surface area contributed by atoms with Gasteiger partial charge in [-0.1, -0.05) is 44.2 Å². The lowest BCUT2D eigenvalue weighted by molar-refractivity contribution is 0.0446. The number of carbonyl (C=O) groups is 2. The van der Waals surface area contributed by atoms with Gasteiger partial charge in [-0.25, -0.2) is 9.59 Å². The number of ether oxygens (including phenoxy) is 2. The molecule has 0 spiro atoms. The van der Waals surface area contributed by atoms with Gasteiger partial charge >= 0.3 is 11.4 Å². The number of carbonyl (C=O) groups excluding carboxylic acids is 2. The first-order valence-corrected chi connectivity index (χ1v) is 16.0. The van der Waals surface area contributed by atoms with E-state index < -0.39 is 31.9 Å². The van der Waals surface area contributed by atoms with Gasteiger partial charge in [-0.2, -0.15) is 5.10 Å². The number of H-pyrrole nitrogens is 1. The Kier molecular flexibility index (Phi) is 9.32. The molecule has 0 aromatic carbocycles. The molecule has 1 aromatic rings. The third kappa shape index (κ3) is 6.78. The number of hydrogen-bond donors (Lipinski definition) is 1. The normalized spacial score (nSPS) is 20.2. The smallest absolute Gasteiger partial charge is 0.410 e. The first kappa shape index (κ1) is 26.8. The summed E-state index contributed by atoms with van der Waals surface area (Å²) in [7, 11) is 0.237. The summed E-state index contributed by atoms with van der Waals surface area (Å²) in [6.45, 7) is 16.8. The predicted octanol–water partition coefficient (Wildman–Crippen LogP) is 5.69. The zero-order valence-electron chi connectivity index (χ0n) is 20.0. The largest absolute Gasteiger partial charge is 0.445 e. The lowest BCUT2D eigenvalue weighted by Crippen LogP contribution is -2.45. The van der Waals surface area contributed by atoms with Crippen molar-refractivity contribution in [3.05, 3.63) is 30.1 Å². The molecule has 180 valence electrons. The summed E-state index contributed by atoms with van der Waals surface area (Å²) in [5.41, 5.74) is 1.41. The van der Waals surface area contributed by atoms with E-state index >= 15 is 0 Å². The molecule has 2 rings (SSSR count). The molecule has 0 saturated carbocycles. The van der Waals surface area contributed by atoms with E-state index in [0.29, 0.717) is 18.7 Å². The molecule has 1 amide bonds. The van der Waals surface area contributed by atoms with Crippen molar-refractivity contribution in [2.45, 2.75) is 70.5 Å². The average Bonchev–Trinajstić information content (AvgIpc) is 3.29. The Hall–Kier alpha value is -1.43. The Balaban J connectivity index is 2.36. The van der Waals surface area contributed by atoms with Gasteiger partial charge in [0.05, 0.1) is 23.5 Å². The quantitative estimate of drug-likeness (QED) is 0.210. The molecule has 8 nitrogen and oxygen atoms in total. The molecule has 3 atom stereocenters. The maximum Gasteiger partial charge on any atom is 0.410 e. The van der Waals surface area contributed by atoms with Gasteiger partial charge in [0.25, 0.3) is 0 Å². The van der Waals surface area contributed by atoms with Crippen molar-refractivity contribution in [2.75, 3.05) is 19.4 Å². The molecule has 0 aliphatic carbocycles. The molecule has 1 saturated heterocycles. The van der Waals surface area contributed by atoms with Crippen LogP contribution in [0.3, 0.4) is 0 Å². The number of nitrogens with one attached hydrogen (secondary N) is 1. The lowest BCUT2D eigenvalue weighted by Gasteiger charge is -2.38. The number of rotatable bonds is 8. The van der Waals surface area contributed by atoms with Gasteiger partial charge in [0.15, 0.2) is 14.4 Å². The van der Waals surface area contributed by atoms with Crippen molar-refractivity contribution in [3.63, 3.8) is 0 Å². The van der Waals surface area contributed by atoms with E-state index in [1.54, 1.807) is 11.2 Å². The summed E-state index contributed by atoms with van der Waals surface area (Å²) in [6.07, 6.45) is 2.47. The van der Waals surface area contributed by atoms with Gasteiger partial charge in [0, 0.05) is 17.3 Å². The number of aromatic nitrogens is 2. The van der Waals surface area contributed by atoms with Gasteiger partial charge in [0.1, 0.15) is 6.61 Å². The van der Waals surface area contributed by atoms with Crippen LogP contribution in [0.5, 0.6) is 0 Å². The fourth-order valence-electron chi connectivity index (χ4n) is 3.34. The SMILES string of the molecule is C=CCOC(=O)N1C[C@H](O[Si](C)(C)C(C)(C)C)C[C@H]1C(OC(=O)SSC)c1cc(C)n[nH]1. The highest BCUT2D eigenvalue weighted by Gasteiger charge is 2.47. The molecule has 0 bridgehead atoms. The van der Waals surface area contributed by atoms with Gasteiger partial charge in [0.2, 0.25) is 0 Å². The van der Waals surface area contributed by atoms with Crippen molar-refractivity contribution in [2.24, 2.45) is 0 Å². The Morgan fingerprint density at radius 3 is 2.66 bits per heavy atom. The van der Waals surface area contributed by atoms with Crippen molar-refractivity contribution in [3.8, 4) is 0 Å². The van der Waals surface area contributed by atoms with Gasteiger partial charge in [-0.05, 0) is 43.8 Å². The molecule has 1 aromatic heterocycles. The van der Waals surface area contributed by atoms with Crippen LogP contribution in [-0.4, -0.2) is 66.4 Å². The molecule has 1 aliphatic heterocycles. The number of aromatic amines is 1. The molecule has 1 N–H and O–H groups in total. The third-order valence-electron chi connectivity index (χ3n) is 5.89. The molecule has 1 aliphatic rings. The van der Waals surface area contributed by atoms with E-state index in [-0.39, 0.29) is 17.7 Å². The minimum absolute atomic E-state index is 0.0284. The van der Waals surface area contributed by atoms with Gasteiger partial charge in [-0.15, -0.1) is 0 Å². The minimum Gasteiger partial charge on any atom is -0.445 e. The topological polar surface area (TPSA) is 93.8 Å². The Morgan fingerprint density at radius 1 is 1.44 bits per heavy atom. The van der Waals surface area contributed by atoms with Crippen LogP contribution < -0.4 is 0 Å². The summed E-state index contributed by atoms with van der Waals surface area (Å²) in [4.78, 5) is 26.9. The minimum atomic E-state index is -2.07. The number of nitrogens with zero attached hydrogens (tertiary/aromatic N) is 2. The average molecular weight is 502 g/mol. The van der Waals surface area contributed by atoms with Crippen molar-refractivity contribution >= 4 is 41.3 Å². The van der Waals surface area contributed by atoms with Gasteiger partial charge in [-0.3, -0.25) is 10.00 Å². The molecular weight excluding hydrogens is 466 g/mol. The van der Waals surface area contributed by atoms with Crippen molar-refractivity contribution in [1.82, 2.24) is 15.1 Å². The predicted molar refractivity (Wildman–Crippen MR) is 132 cm³/mol. The van der Waals surface area contributed by atoms with Crippen LogP contribution in [0.15, 0.2) is 18.7 Å². The Bertz CT molecular complexity index is 812. The van der Waals surface area contributed by atoms with Gasteiger partial charge < -0.3 is 13.9 Å². The zero-order chi connectivity index (χ0) is 24.1. The van der Waals surface area contributed by atoms with Crippen LogP contribution in [0, 0.1) is 6.92 Å².